The first-order valence-electron chi connectivity index (χ1n) is 7.22. The highest BCUT2D eigenvalue weighted by Crippen LogP contribution is 2.33. The fourth-order valence-corrected chi connectivity index (χ4v) is 3.73. The van der Waals surface area contributed by atoms with Gasteiger partial charge in [-0.1, -0.05) is 13.8 Å². The molecule has 2 nitrogen and oxygen atoms in total. The number of fused-ring (bicyclic) bond motifs is 3. The Hall–Kier alpha value is -1.00. The van der Waals surface area contributed by atoms with Crippen molar-refractivity contribution in [2.45, 2.75) is 36.8 Å². The van der Waals surface area contributed by atoms with Crippen LogP contribution >= 0.6 is 11.8 Å². The molecular formula is C16H21FN2S. The van der Waals surface area contributed by atoms with Crippen molar-refractivity contribution >= 4 is 22.7 Å². The summed E-state index contributed by atoms with van der Waals surface area (Å²) in [6, 6.07) is 3.70. The standard InChI is InChI=1S/C16H21FN2S/c1-10(2)20-16-9-15-12(8-13(16)17)11-4-6-19(3)7-5-14(11)18-15/h8-10,18H,4-7H2,1-3H3. The van der Waals surface area contributed by atoms with Crippen molar-refractivity contribution in [3.05, 3.63) is 29.2 Å². The molecule has 0 saturated carbocycles. The lowest BCUT2D eigenvalue weighted by Crippen LogP contribution is -2.21. The van der Waals surface area contributed by atoms with Crippen LogP contribution in [0.25, 0.3) is 10.9 Å². The Morgan fingerprint density at radius 2 is 2.00 bits per heavy atom. The monoisotopic (exact) mass is 292 g/mol. The first kappa shape index (κ1) is 14.0. The van der Waals surface area contributed by atoms with Gasteiger partial charge in [-0.05, 0) is 31.2 Å². The van der Waals surface area contributed by atoms with Gasteiger partial charge in [0.05, 0.1) is 0 Å². The van der Waals surface area contributed by atoms with Gasteiger partial charge in [0.25, 0.3) is 0 Å². The molecule has 4 heteroatoms. The number of benzene rings is 1. The molecule has 0 amide bonds. The summed E-state index contributed by atoms with van der Waals surface area (Å²) in [5.74, 6) is -0.0874. The minimum atomic E-state index is -0.0874. The molecule has 0 unspecified atom stereocenters. The van der Waals surface area contributed by atoms with Gasteiger partial charge in [0, 0.05) is 46.3 Å². The first-order chi connectivity index (χ1) is 9.54. The third-order valence-corrected chi connectivity index (χ3v) is 4.93. The highest BCUT2D eigenvalue weighted by Gasteiger charge is 2.18. The lowest BCUT2D eigenvalue weighted by atomic mass is 10.1. The zero-order valence-corrected chi connectivity index (χ0v) is 13.1. The summed E-state index contributed by atoms with van der Waals surface area (Å²) >= 11 is 1.59. The van der Waals surface area contributed by atoms with Crippen LogP contribution in [0, 0.1) is 5.82 Å². The van der Waals surface area contributed by atoms with Crippen molar-refractivity contribution < 1.29 is 4.39 Å². The van der Waals surface area contributed by atoms with Gasteiger partial charge < -0.3 is 9.88 Å². The smallest absolute Gasteiger partial charge is 0.137 e. The molecule has 0 spiro atoms. The predicted molar refractivity (Wildman–Crippen MR) is 84.2 cm³/mol. The maximum absolute atomic E-state index is 14.3. The minimum absolute atomic E-state index is 0.0874. The second-order valence-electron chi connectivity index (χ2n) is 5.88. The van der Waals surface area contributed by atoms with Gasteiger partial charge in [0.2, 0.25) is 0 Å². The van der Waals surface area contributed by atoms with Crippen molar-refractivity contribution in [2.75, 3.05) is 20.1 Å². The highest BCUT2D eigenvalue weighted by molar-refractivity contribution is 7.99. The Balaban J connectivity index is 2.06. The summed E-state index contributed by atoms with van der Waals surface area (Å²) in [5.41, 5.74) is 3.68. The second kappa shape index (κ2) is 5.41. The van der Waals surface area contributed by atoms with Gasteiger partial charge in [-0.3, -0.25) is 0 Å². The number of thioether (sulfide) groups is 1. The lowest BCUT2D eigenvalue weighted by Gasteiger charge is -2.11. The molecule has 1 aromatic carbocycles. The SMILES string of the molecule is CC(C)Sc1cc2[nH]c3c(c2cc1F)CCN(C)CC3. The van der Waals surface area contributed by atoms with Gasteiger partial charge in [0.15, 0.2) is 0 Å². The third kappa shape index (κ3) is 2.59. The van der Waals surface area contributed by atoms with E-state index in [2.05, 4.69) is 30.8 Å². The zero-order valence-electron chi connectivity index (χ0n) is 12.3. The molecule has 0 radical (unpaired) electrons. The maximum atomic E-state index is 14.3. The van der Waals surface area contributed by atoms with E-state index in [1.54, 1.807) is 17.8 Å². The van der Waals surface area contributed by atoms with E-state index in [0.717, 1.165) is 41.7 Å². The van der Waals surface area contributed by atoms with E-state index in [0.29, 0.717) is 5.25 Å². The van der Waals surface area contributed by atoms with E-state index in [-0.39, 0.29) is 5.82 Å². The largest absolute Gasteiger partial charge is 0.358 e. The average Bonchev–Trinajstić information content (AvgIpc) is 2.59. The first-order valence-corrected chi connectivity index (χ1v) is 8.10. The van der Waals surface area contributed by atoms with E-state index in [4.69, 9.17) is 0 Å². The zero-order chi connectivity index (χ0) is 14.3. The average molecular weight is 292 g/mol. The Labute approximate surface area is 123 Å². The fourth-order valence-electron chi connectivity index (χ4n) is 2.87. The molecular weight excluding hydrogens is 271 g/mol. The van der Waals surface area contributed by atoms with Gasteiger partial charge in [-0.2, -0.15) is 0 Å². The number of nitrogens with one attached hydrogen (secondary N) is 1. The fraction of sp³-hybridized carbons (Fsp3) is 0.500. The molecule has 1 aliphatic rings. The second-order valence-corrected chi connectivity index (χ2v) is 7.50. The van der Waals surface area contributed by atoms with Crippen LogP contribution in [0.2, 0.25) is 0 Å². The van der Waals surface area contributed by atoms with Gasteiger partial charge in [-0.15, -0.1) is 11.8 Å². The van der Waals surface area contributed by atoms with Crippen LogP contribution in [0.4, 0.5) is 4.39 Å². The van der Waals surface area contributed by atoms with Crippen LogP contribution in [0.1, 0.15) is 25.1 Å². The summed E-state index contributed by atoms with van der Waals surface area (Å²) in [6.45, 7) is 6.29. The third-order valence-electron chi connectivity index (χ3n) is 3.90. The maximum Gasteiger partial charge on any atom is 0.137 e. The molecule has 3 rings (SSSR count). The number of likely N-dealkylation sites (N-methyl/N-ethyl adjacent to an activating group) is 1. The van der Waals surface area contributed by atoms with Crippen LogP contribution in [0.3, 0.4) is 0 Å². The van der Waals surface area contributed by atoms with Crippen molar-refractivity contribution in [3.8, 4) is 0 Å². The molecule has 1 N–H and O–H groups in total. The summed E-state index contributed by atoms with van der Waals surface area (Å²) < 4.78 is 14.3. The molecule has 20 heavy (non-hydrogen) atoms. The van der Waals surface area contributed by atoms with Crippen LogP contribution < -0.4 is 0 Å². The van der Waals surface area contributed by atoms with E-state index in [9.17, 15) is 4.39 Å². The Morgan fingerprint density at radius 3 is 2.75 bits per heavy atom. The van der Waals surface area contributed by atoms with E-state index >= 15 is 0 Å². The van der Waals surface area contributed by atoms with Crippen LogP contribution in [0.15, 0.2) is 17.0 Å². The highest BCUT2D eigenvalue weighted by atomic mass is 32.2. The van der Waals surface area contributed by atoms with Gasteiger partial charge in [0.1, 0.15) is 5.82 Å². The molecule has 108 valence electrons. The summed E-state index contributed by atoms with van der Waals surface area (Å²) in [7, 11) is 2.14. The number of hydrogen-bond donors (Lipinski definition) is 1. The normalized spacial score (nSPS) is 16.6. The number of aromatic amines is 1. The Kier molecular flexibility index (Phi) is 3.78. The molecule has 2 aromatic rings. The quantitative estimate of drug-likeness (QED) is 0.848. The molecule has 0 atom stereocenters. The Morgan fingerprint density at radius 1 is 1.25 bits per heavy atom. The number of hydrogen-bond acceptors (Lipinski definition) is 2. The molecule has 0 saturated heterocycles. The molecule has 0 bridgehead atoms. The van der Waals surface area contributed by atoms with Crippen LogP contribution in [0.5, 0.6) is 0 Å². The lowest BCUT2D eigenvalue weighted by molar-refractivity contribution is 0.352. The van der Waals surface area contributed by atoms with E-state index < -0.39 is 0 Å². The van der Waals surface area contributed by atoms with Gasteiger partial charge in [-0.25, -0.2) is 4.39 Å². The van der Waals surface area contributed by atoms with E-state index in [1.807, 2.05) is 6.07 Å². The molecule has 2 heterocycles. The predicted octanol–water partition coefficient (Wildman–Crippen LogP) is 3.84. The van der Waals surface area contributed by atoms with Crippen molar-refractivity contribution in [3.63, 3.8) is 0 Å². The van der Waals surface area contributed by atoms with Crippen LogP contribution in [-0.4, -0.2) is 35.3 Å². The molecule has 0 aliphatic carbocycles. The molecule has 0 fully saturated rings. The number of rotatable bonds is 2. The number of halogens is 1. The summed E-state index contributed by atoms with van der Waals surface area (Å²) in [4.78, 5) is 6.59. The number of H-pyrrole nitrogens is 1. The van der Waals surface area contributed by atoms with Crippen molar-refractivity contribution in [2.24, 2.45) is 0 Å². The van der Waals surface area contributed by atoms with Gasteiger partial charge >= 0.3 is 0 Å². The number of aromatic nitrogens is 1. The summed E-state index contributed by atoms with van der Waals surface area (Å²) in [6.07, 6.45) is 2.02. The number of nitrogens with zero attached hydrogens (tertiary/aromatic N) is 1. The van der Waals surface area contributed by atoms with Crippen molar-refractivity contribution in [1.82, 2.24) is 9.88 Å². The molecule has 1 aliphatic heterocycles. The minimum Gasteiger partial charge on any atom is -0.358 e. The molecule has 1 aromatic heterocycles. The Bertz CT molecular complexity index is 633. The van der Waals surface area contributed by atoms with Crippen molar-refractivity contribution in [1.29, 1.82) is 0 Å². The summed E-state index contributed by atoms with van der Waals surface area (Å²) in [5, 5.41) is 1.46. The van der Waals surface area contributed by atoms with Crippen LogP contribution in [-0.2, 0) is 12.8 Å². The topological polar surface area (TPSA) is 19.0 Å². The van der Waals surface area contributed by atoms with E-state index in [1.165, 1.54) is 11.3 Å².